The van der Waals surface area contributed by atoms with E-state index >= 15 is 0 Å². The monoisotopic (exact) mass is 420 g/mol. The smallest absolute Gasteiger partial charge is 0.270 e. The maximum absolute atomic E-state index is 12.5. The summed E-state index contributed by atoms with van der Waals surface area (Å²) in [5.41, 5.74) is 1.26. The van der Waals surface area contributed by atoms with E-state index in [1.807, 2.05) is 0 Å². The van der Waals surface area contributed by atoms with Gasteiger partial charge in [0.1, 0.15) is 0 Å². The minimum absolute atomic E-state index is 0.108. The summed E-state index contributed by atoms with van der Waals surface area (Å²) in [5.74, 6) is -1.10. The summed E-state index contributed by atoms with van der Waals surface area (Å²) < 4.78 is 0. The molecule has 0 spiro atoms. The Labute approximate surface area is 175 Å². The number of benzene rings is 3. The molecule has 3 rings (SSSR count). The van der Waals surface area contributed by atoms with Crippen LogP contribution >= 0.6 is 0 Å². The lowest BCUT2D eigenvalue weighted by molar-refractivity contribution is -0.385. The molecule has 3 aromatic rings. The number of hydrogen-bond acceptors (Lipinski definition) is 6. The predicted octanol–water partition coefficient (Wildman–Crippen LogP) is 4.32. The molecule has 2 amide bonds. The van der Waals surface area contributed by atoms with Crippen molar-refractivity contribution in [2.75, 3.05) is 10.6 Å². The van der Waals surface area contributed by atoms with Crippen molar-refractivity contribution in [3.63, 3.8) is 0 Å². The van der Waals surface area contributed by atoms with Crippen LogP contribution in [0.3, 0.4) is 0 Å². The van der Waals surface area contributed by atoms with E-state index in [2.05, 4.69) is 10.6 Å². The molecule has 0 fully saturated rings. The summed E-state index contributed by atoms with van der Waals surface area (Å²) in [5, 5.41) is 27.1. The molecule has 0 aliphatic heterocycles. The number of nitrogens with zero attached hydrogens (tertiary/aromatic N) is 2. The predicted molar refractivity (Wildman–Crippen MR) is 113 cm³/mol. The molecule has 0 atom stereocenters. The lowest BCUT2D eigenvalue weighted by Gasteiger charge is -2.12. The molecule has 2 N–H and O–H groups in total. The van der Waals surface area contributed by atoms with Gasteiger partial charge < -0.3 is 10.6 Å². The third-order valence-electron chi connectivity index (χ3n) is 4.38. The number of nitrogens with one attached hydrogen (secondary N) is 2. The number of amides is 2. The summed E-state index contributed by atoms with van der Waals surface area (Å²) in [6.07, 6.45) is 0. The molecule has 0 aliphatic rings. The Morgan fingerprint density at radius 1 is 0.742 bits per heavy atom. The first kappa shape index (κ1) is 21.1. The van der Waals surface area contributed by atoms with Gasteiger partial charge in [-0.05, 0) is 36.8 Å². The lowest BCUT2D eigenvalue weighted by atomic mass is 10.1. The van der Waals surface area contributed by atoms with Gasteiger partial charge in [0.25, 0.3) is 23.2 Å². The van der Waals surface area contributed by atoms with Crippen LogP contribution < -0.4 is 10.6 Å². The average Bonchev–Trinajstić information content (AvgIpc) is 2.76. The summed E-state index contributed by atoms with van der Waals surface area (Å²) >= 11 is 0. The van der Waals surface area contributed by atoms with Gasteiger partial charge in [0.05, 0.1) is 9.85 Å². The van der Waals surface area contributed by atoms with Gasteiger partial charge in [-0.2, -0.15) is 0 Å². The molecule has 10 heteroatoms. The fourth-order valence-corrected chi connectivity index (χ4v) is 2.75. The molecule has 10 nitrogen and oxygen atoms in total. The number of carbonyl (C=O) groups excluding carboxylic acids is 2. The SMILES string of the molecule is Cc1ccc(NC(=O)c2cccc([N+](=O)[O-])c2)cc1NC(=O)c1cccc([N+](=O)[O-])c1. The van der Waals surface area contributed by atoms with E-state index in [-0.39, 0.29) is 22.5 Å². The number of nitro benzene ring substituents is 2. The van der Waals surface area contributed by atoms with Crippen molar-refractivity contribution < 1.29 is 19.4 Å². The van der Waals surface area contributed by atoms with E-state index in [4.69, 9.17) is 0 Å². The van der Waals surface area contributed by atoms with Crippen LogP contribution in [0.1, 0.15) is 26.3 Å². The summed E-state index contributed by atoms with van der Waals surface area (Å²) in [6, 6.07) is 15.4. The summed E-state index contributed by atoms with van der Waals surface area (Å²) in [4.78, 5) is 45.6. The van der Waals surface area contributed by atoms with Crippen LogP contribution in [0.4, 0.5) is 22.7 Å². The number of anilines is 2. The highest BCUT2D eigenvalue weighted by Gasteiger charge is 2.15. The maximum atomic E-state index is 12.5. The van der Waals surface area contributed by atoms with Crippen molar-refractivity contribution in [3.8, 4) is 0 Å². The highest BCUT2D eigenvalue weighted by atomic mass is 16.6. The number of hydrogen-bond donors (Lipinski definition) is 2. The van der Waals surface area contributed by atoms with Crippen molar-refractivity contribution in [2.24, 2.45) is 0 Å². The van der Waals surface area contributed by atoms with E-state index in [1.54, 1.807) is 19.1 Å². The van der Waals surface area contributed by atoms with Gasteiger partial charge >= 0.3 is 0 Å². The Hall–Kier alpha value is -4.60. The molecule has 156 valence electrons. The van der Waals surface area contributed by atoms with Crippen molar-refractivity contribution in [2.45, 2.75) is 6.92 Å². The summed E-state index contributed by atoms with van der Waals surface area (Å²) in [6.45, 7) is 1.75. The molecule has 31 heavy (non-hydrogen) atoms. The van der Waals surface area contributed by atoms with E-state index in [9.17, 15) is 29.8 Å². The zero-order valence-corrected chi connectivity index (χ0v) is 16.2. The van der Waals surface area contributed by atoms with Crippen LogP contribution in [0.15, 0.2) is 66.7 Å². The van der Waals surface area contributed by atoms with Crippen molar-refractivity contribution in [3.05, 3.63) is 104 Å². The first-order valence-electron chi connectivity index (χ1n) is 8.97. The maximum Gasteiger partial charge on any atom is 0.270 e. The second-order valence-electron chi connectivity index (χ2n) is 6.55. The second-order valence-corrected chi connectivity index (χ2v) is 6.55. The third-order valence-corrected chi connectivity index (χ3v) is 4.38. The van der Waals surface area contributed by atoms with Gasteiger partial charge in [-0.25, -0.2) is 0 Å². The van der Waals surface area contributed by atoms with Crippen molar-refractivity contribution in [1.82, 2.24) is 0 Å². The quantitative estimate of drug-likeness (QED) is 0.449. The molecule has 0 saturated heterocycles. The second kappa shape index (κ2) is 8.82. The molecule has 0 radical (unpaired) electrons. The minimum Gasteiger partial charge on any atom is -0.322 e. The fourth-order valence-electron chi connectivity index (χ4n) is 2.75. The molecular weight excluding hydrogens is 404 g/mol. The van der Waals surface area contributed by atoms with Gasteiger partial charge in [0.15, 0.2) is 0 Å². The molecule has 0 aliphatic carbocycles. The fraction of sp³-hybridized carbons (Fsp3) is 0.0476. The van der Waals surface area contributed by atoms with Crippen molar-refractivity contribution >= 4 is 34.6 Å². The van der Waals surface area contributed by atoms with E-state index < -0.39 is 21.7 Å². The van der Waals surface area contributed by atoms with Crippen molar-refractivity contribution in [1.29, 1.82) is 0 Å². The van der Waals surface area contributed by atoms with Gasteiger partial charge in [-0.15, -0.1) is 0 Å². The van der Waals surface area contributed by atoms with E-state index in [0.717, 1.165) is 6.07 Å². The Balaban J connectivity index is 1.79. The van der Waals surface area contributed by atoms with Crippen LogP contribution in [0.5, 0.6) is 0 Å². The van der Waals surface area contributed by atoms with Gasteiger partial charge in [0.2, 0.25) is 0 Å². The Morgan fingerprint density at radius 2 is 1.26 bits per heavy atom. The van der Waals surface area contributed by atoms with Crippen LogP contribution in [-0.4, -0.2) is 21.7 Å². The molecule has 0 unspecified atom stereocenters. The van der Waals surface area contributed by atoms with Crippen LogP contribution in [0.2, 0.25) is 0 Å². The molecule has 3 aromatic carbocycles. The number of nitro groups is 2. The summed E-state index contributed by atoms with van der Waals surface area (Å²) in [7, 11) is 0. The van der Waals surface area contributed by atoms with Crippen LogP contribution in [-0.2, 0) is 0 Å². The number of non-ortho nitro benzene ring substituents is 2. The number of aryl methyl sites for hydroxylation is 1. The molecule has 0 heterocycles. The zero-order chi connectivity index (χ0) is 22.5. The lowest BCUT2D eigenvalue weighted by Crippen LogP contribution is -2.15. The first-order chi connectivity index (χ1) is 14.7. The normalized spacial score (nSPS) is 10.2. The third kappa shape index (κ3) is 5.07. The topological polar surface area (TPSA) is 144 Å². The van der Waals surface area contributed by atoms with E-state index in [0.29, 0.717) is 16.9 Å². The highest BCUT2D eigenvalue weighted by Crippen LogP contribution is 2.23. The van der Waals surface area contributed by atoms with Gasteiger partial charge in [-0.3, -0.25) is 29.8 Å². The van der Waals surface area contributed by atoms with E-state index in [1.165, 1.54) is 48.5 Å². The highest BCUT2D eigenvalue weighted by molar-refractivity contribution is 6.07. The van der Waals surface area contributed by atoms with Crippen LogP contribution in [0, 0.1) is 27.2 Å². The Kier molecular flexibility index (Phi) is 6.01. The number of rotatable bonds is 6. The molecular formula is C21H16N4O6. The zero-order valence-electron chi connectivity index (χ0n) is 16.2. The van der Waals surface area contributed by atoms with Gasteiger partial charge in [0, 0.05) is 46.8 Å². The standard InChI is InChI=1S/C21H16N4O6/c1-13-8-9-16(22-20(26)14-4-2-6-17(10-14)24(28)29)12-19(13)23-21(27)15-5-3-7-18(11-15)25(30)31/h2-12H,1H3,(H,22,26)(H,23,27). The molecule has 0 aromatic heterocycles. The largest absolute Gasteiger partial charge is 0.322 e. The first-order valence-corrected chi connectivity index (χ1v) is 8.97. The minimum atomic E-state index is -0.593. The Bertz CT molecular complexity index is 1210. The number of carbonyl (C=O) groups is 2. The molecule has 0 saturated carbocycles. The Morgan fingerprint density at radius 3 is 1.77 bits per heavy atom. The van der Waals surface area contributed by atoms with Gasteiger partial charge in [-0.1, -0.05) is 18.2 Å². The molecule has 0 bridgehead atoms. The van der Waals surface area contributed by atoms with Crippen LogP contribution in [0.25, 0.3) is 0 Å². The average molecular weight is 420 g/mol.